The average molecular weight is 545 g/mol. The van der Waals surface area contributed by atoms with Gasteiger partial charge >= 0.3 is 0 Å². The van der Waals surface area contributed by atoms with Crippen LogP contribution in [0.2, 0.25) is 0 Å². The van der Waals surface area contributed by atoms with E-state index in [1.54, 1.807) is 29.0 Å². The predicted octanol–water partition coefficient (Wildman–Crippen LogP) is 3.56. The minimum absolute atomic E-state index is 0.145. The molecule has 38 heavy (non-hydrogen) atoms. The Kier molecular flexibility index (Phi) is 7.07. The Hall–Kier alpha value is -4.49. The Morgan fingerprint density at radius 3 is 2.00 bits per heavy atom. The molecule has 0 saturated heterocycles. The molecule has 1 atom stereocenters. The number of sulfonamides is 1. The summed E-state index contributed by atoms with van der Waals surface area (Å²) in [6.07, 6.45) is -1.51. The van der Waals surface area contributed by atoms with E-state index < -0.39 is 72.6 Å². The average Bonchev–Trinajstić information content (AvgIpc) is 3.26. The van der Waals surface area contributed by atoms with Crippen LogP contribution in [0.4, 0.5) is 24.5 Å². The fraction of sp³-hybridized carbons (Fsp3) is 0.0800. The zero-order valence-corrected chi connectivity index (χ0v) is 20.3. The van der Waals surface area contributed by atoms with Crippen LogP contribution in [0.15, 0.2) is 77.0 Å². The fourth-order valence-corrected chi connectivity index (χ4v) is 4.74. The molecule has 196 valence electrons. The number of rotatable bonds is 7. The minimum atomic E-state index is -4.76. The summed E-state index contributed by atoms with van der Waals surface area (Å²) in [4.78, 5) is 26.0. The number of hydrogen-bond donors (Lipinski definition) is 5. The highest BCUT2D eigenvalue weighted by molar-refractivity contribution is 7.90. The van der Waals surface area contributed by atoms with Gasteiger partial charge < -0.3 is 15.7 Å². The molecule has 1 heterocycles. The minimum Gasteiger partial charge on any atom is -0.385 e. The van der Waals surface area contributed by atoms with Crippen molar-refractivity contribution in [1.82, 2.24) is 4.72 Å². The van der Waals surface area contributed by atoms with Crippen molar-refractivity contribution in [2.24, 2.45) is 0 Å². The monoisotopic (exact) mass is 544 g/mol. The topological polar surface area (TPSA) is 148 Å². The second-order valence-corrected chi connectivity index (χ2v) is 9.85. The molecular formula is C25H19F3N4O5S. The van der Waals surface area contributed by atoms with Crippen molar-refractivity contribution in [3.8, 4) is 0 Å². The van der Waals surface area contributed by atoms with Crippen LogP contribution in [0.1, 0.15) is 27.6 Å². The molecule has 0 radical (unpaired) electrons. The summed E-state index contributed by atoms with van der Waals surface area (Å²) in [5, 5.41) is 22.6. The Bertz CT molecular complexity index is 1590. The number of anilines is 2. The van der Waals surface area contributed by atoms with Crippen LogP contribution in [-0.4, -0.2) is 37.0 Å². The molecule has 1 aliphatic rings. The smallest absolute Gasteiger partial charge is 0.265 e. The van der Waals surface area contributed by atoms with Gasteiger partial charge in [-0.15, -0.1) is 0 Å². The summed E-state index contributed by atoms with van der Waals surface area (Å²) in [5.74, 6) is -6.59. The van der Waals surface area contributed by atoms with Gasteiger partial charge in [0.05, 0.1) is 11.4 Å². The number of carbonyl (C=O) groups is 2. The van der Waals surface area contributed by atoms with Gasteiger partial charge in [-0.25, -0.2) is 21.6 Å². The van der Waals surface area contributed by atoms with E-state index in [1.165, 1.54) is 0 Å². The molecule has 0 aromatic heterocycles. The summed E-state index contributed by atoms with van der Waals surface area (Å²) in [5.41, 5.74) is -0.628. The number of aliphatic hydroxyl groups is 1. The van der Waals surface area contributed by atoms with Gasteiger partial charge in [0.1, 0.15) is 45.7 Å². The van der Waals surface area contributed by atoms with E-state index in [1.807, 2.05) is 0 Å². The molecule has 0 saturated carbocycles. The molecule has 13 heteroatoms. The maximum atomic E-state index is 14.5. The second-order valence-electron chi connectivity index (χ2n) is 8.20. The normalized spacial score (nSPS) is 13.1. The maximum absolute atomic E-state index is 14.5. The molecule has 3 aromatic rings. The zero-order chi connectivity index (χ0) is 27.8. The molecule has 9 nitrogen and oxygen atoms in total. The van der Waals surface area contributed by atoms with Gasteiger partial charge in [0.2, 0.25) is 11.6 Å². The molecule has 1 aliphatic heterocycles. The molecule has 5 N–H and O–H groups in total. The number of fused-ring (bicyclic) bond motifs is 1. The van der Waals surface area contributed by atoms with E-state index in [9.17, 15) is 36.3 Å². The number of nitrogens with one attached hydrogen (secondary N) is 4. The molecule has 0 amide bonds. The van der Waals surface area contributed by atoms with Crippen molar-refractivity contribution in [3.05, 3.63) is 101 Å². The van der Waals surface area contributed by atoms with Crippen molar-refractivity contribution in [1.29, 1.82) is 5.41 Å². The molecule has 4 rings (SSSR count). The van der Waals surface area contributed by atoms with Gasteiger partial charge in [-0.3, -0.25) is 19.7 Å². The third kappa shape index (κ3) is 5.28. The van der Waals surface area contributed by atoms with Crippen LogP contribution < -0.4 is 15.4 Å². The number of ketones is 2. The Labute approximate surface area is 214 Å². The van der Waals surface area contributed by atoms with Crippen molar-refractivity contribution >= 4 is 38.8 Å². The lowest BCUT2D eigenvalue weighted by Gasteiger charge is -2.14. The van der Waals surface area contributed by atoms with Crippen LogP contribution >= 0.6 is 0 Å². The van der Waals surface area contributed by atoms with E-state index in [0.717, 1.165) is 25.1 Å². The van der Waals surface area contributed by atoms with E-state index in [-0.39, 0.29) is 5.82 Å². The Morgan fingerprint density at radius 1 is 0.895 bits per heavy atom. The lowest BCUT2D eigenvalue weighted by atomic mass is 9.95. The SMILES string of the molecule is C[C@@H](O)C(=N)NS(=O)(=O)c1cc(C(=O)C(C(=O)c2cc(F)cc(F)c2)=C2Nc3ccccc3N2)ccc1F. The highest BCUT2D eigenvalue weighted by Gasteiger charge is 2.31. The number of para-hydroxylation sites is 2. The molecule has 0 unspecified atom stereocenters. The predicted molar refractivity (Wildman–Crippen MR) is 132 cm³/mol. The summed E-state index contributed by atoms with van der Waals surface area (Å²) >= 11 is 0. The van der Waals surface area contributed by atoms with Crippen LogP contribution in [0.25, 0.3) is 0 Å². The Morgan fingerprint density at radius 2 is 1.45 bits per heavy atom. The third-order valence-electron chi connectivity index (χ3n) is 5.42. The summed E-state index contributed by atoms with van der Waals surface area (Å²) < 4.78 is 69.3. The molecule has 3 aromatic carbocycles. The summed E-state index contributed by atoms with van der Waals surface area (Å²) in [6.45, 7) is 1.11. The van der Waals surface area contributed by atoms with Crippen molar-refractivity contribution in [3.63, 3.8) is 0 Å². The summed E-state index contributed by atoms with van der Waals surface area (Å²) in [6, 6.07) is 10.9. The van der Waals surface area contributed by atoms with Gasteiger partial charge in [-0.05, 0) is 49.4 Å². The number of hydrogen-bond acceptors (Lipinski definition) is 8. The van der Waals surface area contributed by atoms with Crippen LogP contribution in [0, 0.1) is 22.9 Å². The molecule has 0 bridgehead atoms. The van der Waals surface area contributed by atoms with Crippen molar-refractivity contribution < 1.29 is 36.3 Å². The van der Waals surface area contributed by atoms with E-state index in [2.05, 4.69) is 10.6 Å². The van der Waals surface area contributed by atoms with Crippen LogP contribution in [-0.2, 0) is 10.0 Å². The fourth-order valence-electron chi connectivity index (χ4n) is 3.57. The van der Waals surface area contributed by atoms with E-state index in [0.29, 0.717) is 29.6 Å². The zero-order valence-electron chi connectivity index (χ0n) is 19.5. The molecule has 0 aliphatic carbocycles. The van der Waals surface area contributed by atoms with Gasteiger partial charge in [0.15, 0.2) is 0 Å². The quantitative estimate of drug-likeness (QED) is 0.0763. The largest absolute Gasteiger partial charge is 0.385 e. The number of allylic oxidation sites excluding steroid dienone is 1. The Balaban J connectivity index is 1.83. The highest BCUT2D eigenvalue weighted by Crippen LogP contribution is 2.33. The number of aliphatic hydroxyl groups excluding tert-OH is 1. The molecular weight excluding hydrogens is 525 g/mol. The number of amidine groups is 1. The van der Waals surface area contributed by atoms with Crippen molar-refractivity contribution in [2.75, 3.05) is 10.6 Å². The van der Waals surface area contributed by atoms with Crippen molar-refractivity contribution in [2.45, 2.75) is 17.9 Å². The number of benzene rings is 3. The standard InChI is InChI=1S/C25H19F3N4O5S/c1-12(33)24(29)32-38(36,37)20-10-13(6-7-17(20)28)22(34)21(23(35)14-8-15(26)11-16(27)9-14)25-30-18-4-2-3-5-19(18)31-25/h2-12,30-31,33H,1H3,(H2,29,32)/t12-/m1/s1. The van der Waals surface area contributed by atoms with E-state index >= 15 is 0 Å². The summed E-state index contributed by atoms with van der Waals surface area (Å²) in [7, 11) is -4.76. The van der Waals surface area contributed by atoms with Crippen LogP contribution in [0.5, 0.6) is 0 Å². The lowest BCUT2D eigenvalue weighted by molar-refractivity contribution is 0.0960. The molecule has 0 spiro atoms. The third-order valence-corrected chi connectivity index (χ3v) is 6.80. The van der Waals surface area contributed by atoms with Gasteiger partial charge in [0, 0.05) is 17.2 Å². The number of halogens is 3. The number of Topliss-reactive ketones (excluding diaryl/α,β-unsaturated/α-hetero) is 2. The number of carbonyl (C=O) groups excluding carboxylic acids is 2. The second kappa shape index (κ2) is 10.1. The first kappa shape index (κ1) is 26.6. The first-order valence-corrected chi connectivity index (χ1v) is 12.4. The van der Waals surface area contributed by atoms with Gasteiger partial charge in [0.25, 0.3) is 10.0 Å². The van der Waals surface area contributed by atoms with E-state index in [4.69, 9.17) is 5.41 Å². The lowest BCUT2D eigenvalue weighted by Crippen LogP contribution is -2.37. The van der Waals surface area contributed by atoms with Gasteiger partial charge in [-0.1, -0.05) is 12.1 Å². The van der Waals surface area contributed by atoms with Crippen LogP contribution in [0.3, 0.4) is 0 Å². The van der Waals surface area contributed by atoms with Gasteiger partial charge in [-0.2, -0.15) is 0 Å². The highest BCUT2D eigenvalue weighted by atomic mass is 32.2. The first-order chi connectivity index (χ1) is 17.9. The first-order valence-electron chi connectivity index (χ1n) is 10.9. The maximum Gasteiger partial charge on any atom is 0.265 e. The molecule has 0 fully saturated rings.